The number of aryl methyl sites for hydroxylation is 1. The van der Waals surface area contributed by atoms with Crippen LogP contribution < -0.4 is 15.6 Å². The van der Waals surface area contributed by atoms with Gasteiger partial charge in [-0.1, -0.05) is 18.2 Å². The van der Waals surface area contributed by atoms with Crippen molar-refractivity contribution in [3.05, 3.63) is 53.1 Å². The van der Waals surface area contributed by atoms with Gasteiger partial charge in [0.2, 0.25) is 0 Å². The molecular weight excluding hydrogens is 336 g/mol. The number of benzene rings is 1. The van der Waals surface area contributed by atoms with Crippen LogP contribution in [-0.4, -0.2) is 59.3 Å². The summed E-state index contributed by atoms with van der Waals surface area (Å²) >= 11 is 0. The maximum atomic E-state index is 12.3. The number of hydrogen-bond donors (Lipinski definition) is 1. The van der Waals surface area contributed by atoms with Crippen LogP contribution in [-0.2, 0) is 16.6 Å². The molecule has 1 saturated heterocycles. The summed E-state index contributed by atoms with van der Waals surface area (Å²) in [5.41, 5.74) is -0.201. The zero-order chi connectivity index (χ0) is 18.4. The molecule has 138 valence electrons. The second kappa shape index (κ2) is 8.48. The Labute approximate surface area is 151 Å². The Bertz CT molecular complexity index is 793. The van der Waals surface area contributed by atoms with Crippen LogP contribution in [0, 0.1) is 0 Å². The third-order valence-electron chi connectivity index (χ3n) is 4.11. The molecule has 1 amide bonds. The predicted molar refractivity (Wildman–Crippen MR) is 96.2 cm³/mol. The monoisotopic (exact) mass is 358 g/mol. The Hall–Kier alpha value is -2.87. The van der Waals surface area contributed by atoms with E-state index in [0.717, 1.165) is 0 Å². The maximum Gasteiger partial charge on any atom is 0.293 e. The van der Waals surface area contributed by atoms with Gasteiger partial charge in [-0.25, -0.2) is 4.98 Å². The first-order valence-corrected chi connectivity index (χ1v) is 8.46. The number of anilines is 1. The molecule has 0 radical (unpaired) electrons. The van der Waals surface area contributed by atoms with Gasteiger partial charge in [-0.3, -0.25) is 9.59 Å². The summed E-state index contributed by atoms with van der Waals surface area (Å²) < 4.78 is 12.6. The first-order valence-electron chi connectivity index (χ1n) is 8.46. The first kappa shape index (κ1) is 17.9. The lowest BCUT2D eigenvalue weighted by Crippen LogP contribution is -2.49. The van der Waals surface area contributed by atoms with Crippen molar-refractivity contribution in [1.82, 2.24) is 14.5 Å². The van der Waals surface area contributed by atoms with Gasteiger partial charge in [0.05, 0.1) is 12.7 Å². The van der Waals surface area contributed by atoms with Gasteiger partial charge in [0.1, 0.15) is 5.75 Å². The minimum Gasteiger partial charge on any atom is -0.484 e. The summed E-state index contributed by atoms with van der Waals surface area (Å²) in [6.45, 7) is 1.81. The van der Waals surface area contributed by atoms with E-state index in [0.29, 0.717) is 32.0 Å². The lowest BCUT2D eigenvalue weighted by Gasteiger charge is -2.33. The Morgan fingerprint density at radius 3 is 3.00 bits per heavy atom. The molecule has 0 aliphatic carbocycles. The number of para-hydroxylation sites is 1. The molecule has 2 aromatic rings. The fourth-order valence-electron chi connectivity index (χ4n) is 2.65. The van der Waals surface area contributed by atoms with Crippen LogP contribution in [0.3, 0.4) is 0 Å². The van der Waals surface area contributed by atoms with Crippen molar-refractivity contribution in [3.63, 3.8) is 0 Å². The highest BCUT2D eigenvalue weighted by Crippen LogP contribution is 2.10. The highest BCUT2D eigenvalue weighted by atomic mass is 16.5. The fraction of sp³-hybridized carbons (Fsp3) is 0.389. The Morgan fingerprint density at radius 2 is 2.19 bits per heavy atom. The molecule has 1 atom stereocenters. The van der Waals surface area contributed by atoms with Gasteiger partial charge in [-0.05, 0) is 12.1 Å². The largest absolute Gasteiger partial charge is 0.484 e. The van der Waals surface area contributed by atoms with E-state index in [2.05, 4.69) is 10.3 Å². The van der Waals surface area contributed by atoms with E-state index in [9.17, 15) is 9.59 Å². The number of nitrogens with one attached hydrogen (secondary N) is 1. The number of carbonyl (C=O) groups excluding carboxylic acids is 1. The van der Waals surface area contributed by atoms with Crippen molar-refractivity contribution < 1.29 is 14.3 Å². The molecule has 0 saturated carbocycles. The number of carbonyl (C=O) groups is 1. The standard InChI is InChI=1S/C18H22N4O4/c1-21-8-7-19-17(18(21)24)20-11-15-12-22(9-10-25-15)16(23)13-26-14-5-3-2-4-6-14/h2-8,15H,9-13H2,1H3,(H,19,20)/t15-/m1/s1. The Morgan fingerprint density at radius 1 is 1.38 bits per heavy atom. The van der Waals surface area contributed by atoms with Gasteiger partial charge < -0.3 is 24.3 Å². The quantitative estimate of drug-likeness (QED) is 0.809. The van der Waals surface area contributed by atoms with Gasteiger partial charge in [-0.15, -0.1) is 0 Å². The Kier molecular flexibility index (Phi) is 5.85. The van der Waals surface area contributed by atoms with E-state index in [4.69, 9.17) is 9.47 Å². The molecule has 0 spiro atoms. The first-order chi connectivity index (χ1) is 12.6. The molecule has 1 aromatic heterocycles. The van der Waals surface area contributed by atoms with Gasteiger partial charge in [0, 0.05) is 39.1 Å². The van der Waals surface area contributed by atoms with E-state index < -0.39 is 0 Å². The summed E-state index contributed by atoms with van der Waals surface area (Å²) in [6, 6.07) is 9.23. The van der Waals surface area contributed by atoms with Crippen molar-refractivity contribution in [3.8, 4) is 5.75 Å². The fourth-order valence-corrected chi connectivity index (χ4v) is 2.65. The molecule has 0 unspecified atom stereocenters. The molecular formula is C18H22N4O4. The second-order valence-electron chi connectivity index (χ2n) is 6.01. The lowest BCUT2D eigenvalue weighted by atomic mass is 10.2. The summed E-state index contributed by atoms with van der Waals surface area (Å²) in [4.78, 5) is 30.1. The molecule has 0 bridgehead atoms. The summed E-state index contributed by atoms with van der Waals surface area (Å²) in [7, 11) is 1.67. The summed E-state index contributed by atoms with van der Waals surface area (Å²) in [6.07, 6.45) is 2.94. The average molecular weight is 358 g/mol. The number of hydrogen-bond acceptors (Lipinski definition) is 6. The van der Waals surface area contributed by atoms with Crippen LogP contribution in [0.25, 0.3) is 0 Å². The van der Waals surface area contributed by atoms with Crippen LogP contribution in [0.5, 0.6) is 5.75 Å². The van der Waals surface area contributed by atoms with Gasteiger partial charge in [-0.2, -0.15) is 0 Å². The highest BCUT2D eigenvalue weighted by molar-refractivity contribution is 5.77. The van der Waals surface area contributed by atoms with Crippen LogP contribution in [0.2, 0.25) is 0 Å². The third kappa shape index (κ3) is 4.60. The lowest BCUT2D eigenvalue weighted by molar-refractivity contribution is -0.140. The molecule has 3 rings (SSSR count). The summed E-state index contributed by atoms with van der Waals surface area (Å²) in [5.74, 6) is 0.851. The van der Waals surface area contributed by atoms with Crippen molar-refractivity contribution in [1.29, 1.82) is 0 Å². The molecule has 1 aliphatic heterocycles. The minimum absolute atomic E-state index is 0.00898. The van der Waals surface area contributed by atoms with Gasteiger partial charge in [0.25, 0.3) is 11.5 Å². The number of morpholine rings is 1. The predicted octanol–water partition coefficient (Wildman–Crippen LogP) is 0.499. The molecule has 8 heteroatoms. The second-order valence-corrected chi connectivity index (χ2v) is 6.01. The third-order valence-corrected chi connectivity index (χ3v) is 4.11. The molecule has 1 aliphatic rings. The number of aromatic nitrogens is 2. The van der Waals surface area contributed by atoms with E-state index in [1.807, 2.05) is 30.3 Å². The number of ether oxygens (including phenoxy) is 2. The van der Waals surface area contributed by atoms with Crippen LogP contribution in [0.1, 0.15) is 0 Å². The van der Waals surface area contributed by atoms with E-state index in [1.165, 1.54) is 4.57 Å². The minimum atomic E-state index is -0.212. The zero-order valence-electron chi connectivity index (χ0n) is 14.6. The van der Waals surface area contributed by atoms with E-state index in [-0.39, 0.29) is 30.0 Å². The van der Waals surface area contributed by atoms with Crippen molar-refractivity contribution in [2.24, 2.45) is 7.05 Å². The normalized spacial score (nSPS) is 17.0. The SMILES string of the molecule is Cn1ccnc(NC[C@@H]2CN(C(=O)COc3ccccc3)CCO2)c1=O. The zero-order valence-corrected chi connectivity index (χ0v) is 14.6. The highest BCUT2D eigenvalue weighted by Gasteiger charge is 2.24. The number of nitrogens with zero attached hydrogens (tertiary/aromatic N) is 3. The van der Waals surface area contributed by atoms with Crippen LogP contribution >= 0.6 is 0 Å². The van der Waals surface area contributed by atoms with Crippen LogP contribution in [0.15, 0.2) is 47.5 Å². The van der Waals surface area contributed by atoms with Crippen molar-refractivity contribution in [2.45, 2.75) is 6.10 Å². The maximum absolute atomic E-state index is 12.3. The molecule has 2 heterocycles. The Balaban J connectivity index is 1.49. The van der Waals surface area contributed by atoms with E-state index in [1.54, 1.807) is 24.3 Å². The molecule has 8 nitrogen and oxygen atoms in total. The smallest absolute Gasteiger partial charge is 0.293 e. The molecule has 1 aromatic carbocycles. The van der Waals surface area contributed by atoms with Crippen molar-refractivity contribution in [2.75, 3.05) is 38.2 Å². The molecule has 26 heavy (non-hydrogen) atoms. The molecule has 1 N–H and O–H groups in total. The number of amides is 1. The van der Waals surface area contributed by atoms with Crippen molar-refractivity contribution >= 4 is 11.7 Å². The van der Waals surface area contributed by atoms with Crippen LogP contribution in [0.4, 0.5) is 5.82 Å². The van der Waals surface area contributed by atoms with Gasteiger partial charge >= 0.3 is 0 Å². The van der Waals surface area contributed by atoms with Gasteiger partial charge in [0.15, 0.2) is 12.4 Å². The average Bonchev–Trinajstić information content (AvgIpc) is 2.68. The number of rotatable bonds is 6. The van der Waals surface area contributed by atoms with E-state index >= 15 is 0 Å². The topological polar surface area (TPSA) is 85.7 Å². The molecule has 1 fully saturated rings. The summed E-state index contributed by atoms with van der Waals surface area (Å²) in [5, 5.41) is 3.00.